The number of hydrogen-bond acceptors (Lipinski definition) is 5. The van der Waals surface area contributed by atoms with Gasteiger partial charge in [-0.25, -0.2) is 0 Å². The number of rotatable bonds is 5. The lowest BCUT2D eigenvalue weighted by molar-refractivity contribution is -0.118. The van der Waals surface area contributed by atoms with Gasteiger partial charge in [0.25, 0.3) is 0 Å². The van der Waals surface area contributed by atoms with E-state index in [9.17, 15) is 4.79 Å². The zero-order valence-corrected chi connectivity index (χ0v) is 8.78. The van der Waals surface area contributed by atoms with E-state index in [0.29, 0.717) is 0 Å². The van der Waals surface area contributed by atoms with Crippen molar-refractivity contribution in [2.75, 3.05) is 12.2 Å². The molecule has 0 saturated carbocycles. The van der Waals surface area contributed by atoms with Crippen molar-refractivity contribution in [1.29, 1.82) is 0 Å². The topological polar surface area (TPSA) is 82.5 Å². The Morgan fingerprint density at radius 2 is 2.13 bits per heavy atom. The monoisotopic (exact) mass is 226 g/mol. The summed E-state index contributed by atoms with van der Waals surface area (Å²) >= 11 is 1.36. The minimum atomic E-state index is -1.50. The molecule has 0 spiro atoms. The Hall–Kier alpha value is -1.05. The Kier molecular flexibility index (Phi) is 5.16. The van der Waals surface area contributed by atoms with Gasteiger partial charge in [-0.05, 0) is 12.1 Å². The molecule has 0 atom stereocenters. The van der Waals surface area contributed by atoms with Crippen LogP contribution in [-0.4, -0.2) is 40.3 Å². The third kappa shape index (κ3) is 5.41. The molecule has 1 rings (SSSR count). The van der Waals surface area contributed by atoms with Crippen molar-refractivity contribution in [2.45, 2.75) is 4.90 Å². The SMILES string of the molecule is O=C(CSc1ccncc1)NCB(O)O. The smallest absolute Gasteiger partial charge is 0.426 e. The van der Waals surface area contributed by atoms with Gasteiger partial charge in [-0.2, -0.15) is 0 Å². The van der Waals surface area contributed by atoms with Crippen molar-refractivity contribution in [2.24, 2.45) is 0 Å². The second kappa shape index (κ2) is 6.44. The van der Waals surface area contributed by atoms with Crippen LogP contribution in [0.3, 0.4) is 0 Å². The Morgan fingerprint density at radius 3 is 2.73 bits per heavy atom. The largest absolute Gasteiger partial charge is 0.472 e. The average molecular weight is 226 g/mol. The lowest BCUT2D eigenvalue weighted by Gasteiger charge is -2.03. The number of carbonyl (C=O) groups excluding carboxylic acids is 1. The first-order valence-corrected chi connectivity index (χ1v) is 5.32. The minimum absolute atomic E-state index is 0.143. The van der Waals surface area contributed by atoms with Crippen LogP contribution in [0.4, 0.5) is 0 Å². The van der Waals surface area contributed by atoms with E-state index in [-0.39, 0.29) is 18.1 Å². The molecule has 0 saturated heterocycles. The highest BCUT2D eigenvalue weighted by Crippen LogP contribution is 2.15. The number of hydrogen-bond donors (Lipinski definition) is 3. The lowest BCUT2D eigenvalue weighted by Crippen LogP contribution is -2.35. The average Bonchev–Trinajstić information content (AvgIpc) is 2.25. The number of pyridine rings is 1. The van der Waals surface area contributed by atoms with Crippen molar-refractivity contribution in [3.05, 3.63) is 24.5 Å². The molecule has 5 nitrogen and oxygen atoms in total. The van der Waals surface area contributed by atoms with Gasteiger partial charge in [0.2, 0.25) is 5.91 Å². The third-order valence-corrected chi connectivity index (χ3v) is 2.51. The van der Waals surface area contributed by atoms with Gasteiger partial charge >= 0.3 is 7.12 Å². The molecule has 0 radical (unpaired) electrons. The molecular formula is C8H11BN2O3S. The van der Waals surface area contributed by atoms with E-state index in [1.807, 2.05) is 0 Å². The molecule has 1 aromatic heterocycles. The highest BCUT2D eigenvalue weighted by atomic mass is 32.2. The normalized spacial score (nSPS) is 9.73. The van der Waals surface area contributed by atoms with E-state index < -0.39 is 7.12 Å². The molecule has 0 unspecified atom stereocenters. The predicted octanol–water partition coefficient (Wildman–Crippen LogP) is -0.698. The van der Waals surface area contributed by atoms with E-state index in [0.717, 1.165) is 4.90 Å². The quantitative estimate of drug-likeness (QED) is 0.457. The summed E-state index contributed by atoms with van der Waals surface area (Å²) in [5.74, 6) is 0.0152. The van der Waals surface area contributed by atoms with Crippen LogP contribution in [0.1, 0.15) is 0 Å². The molecule has 0 bridgehead atoms. The Bertz CT molecular complexity index is 310. The molecule has 0 aliphatic heterocycles. The van der Waals surface area contributed by atoms with Crippen LogP contribution >= 0.6 is 11.8 Å². The zero-order chi connectivity index (χ0) is 11.1. The summed E-state index contributed by atoms with van der Waals surface area (Å²) < 4.78 is 0. The zero-order valence-electron chi connectivity index (χ0n) is 7.96. The van der Waals surface area contributed by atoms with E-state index in [4.69, 9.17) is 10.0 Å². The van der Waals surface area contributed by atoms with E-state index >= 15 is 0 Å². The molecule has 15 heavy (non-hydrogen) atoms. The summed E-state index contributed by atoms with van der Waals surface area (Å²) in [7, 11) is -1.50. The summed E-state index contributed by atoms with van der Waals surface area (Å²) in [4.78, 5) is 16.0. The number of nitrogens with zero attached hydrogens (tertiary/aromatic N) is 1. The molecule has 80 valence electrons. The van der Waals surface area contributed by atoms with Crippen LogP contribution in [0, 0.1) is 0 Å². The molecule has 0 aliphatic carbocycles. The number of aromatic nitrogens is 1. The first-order valence-electron chi connectivity index (χ1n) is 4.34. The Balaban J connectivity index is 2.23. The third-order valence-electron chi connectivity index (χ3n) is 1.50. The van der Waals surface area contributed by atoms with Crippen molar-refractivity contribution in [3.8, 4) is 0 Å². The van der Waals surface area contributed by atoms with E-state index in [1.165, 1.54) is 11.8 Å². The predicted molar refractivity (Wildman–Crippen MR) is 58.2 cm³/mol. The van der Waals surface area contributed by atoms with Crippen molar-refractivity contribution in [1.82, 2.24) is 10.3 Å². The van der Waals surface area contributed by atoms with Crippen LogP contribution in [0.5, 0.6) is 0 Å². The van der Waals surface area contributed by atoms with Gasteiger partial charge in [0, 0.05) is 17.3 Å². The van der Waals surface area contributed by atoms with Crippen LogP contribution in [0.2, 0.25) is 0 Å². The molecule has 0 aliphatic rings. The summed E-state index contributed by atoms with van der Waals surface area (Å²) in [6.45, 7) is 0. The Labute approximate surface area is 92.1 Å². The second-order valence-corrected chi connectivity index (χ2v) is 3.81. The van der Waals surface area contributed by atoms with Gasteiger partial charge in [-0.3, -0.25) is 9.78 Å². The van der Waals surface area contributed by atoms with Crippen LogP contribution in [0.25, 0.3) is 0 Å². The van der Waals surface area contributed by atoms with Gasteiger partial charge < -0.3 is 15.4 Å². The fraction of sp³-hybridized carbons (Fsp3) is 0.250. The maximum absolute atomic E-state index is 11.2. The first-order chi connectivity index (χ1) is 7.18. The fourth-order valence-corrected chi connectivity index (χ4v) is 1.55. The molecule has 7 heteroatoms. The highest BCUT2D eigenvalue weighted by Gasteiger charge is 2.09. The Morgan fingerprint density at radius 1 is 1.47 bits per heavy atom. The van der Waals surface area contributed by atoms with Gasteiger partial charge in [-0.1, -0.05) is 0 Å². The van der Waals surface area contributed by atoms with Crippen LogP contribution < -0.4 is 5.32 Å². The summed E-state index contributed by atoms with van der Waals surface area (Å²) in [5.41, 5.74) is 0. The molecular weight excluding hydrogens is 215 g/mol. The van der Waals surface area contributed by atoms with Crippen LogP contribution in [0.15, 0.2) is 29.4 Å². The number of amides is 1. The molecule has 1 aromatic rings. The maximum atomic E-state index is 11.2. The molecule has 0 fully saturated rings. The van der Waals surface area contributed by atoms with E-state index in [1.54, 1.807) is 24.5 Å². The maximum Gasteiger partial charge on any atom is 0.472 e. The molecule has 1 amide bonds. The van der Waals surface area contributed by atoms with Gasteiger partial charge in [0.1, 0.15) is 0 Å². The summed E-state index contributed by atoms with van der Waals surface area (Å²) in [6.07, 6.45) is 3.16. The van der Waals surface area contributed by atoms with Gasteiger partial charge in [0.05, 0.1) is 12.2 Å². The fourth-order valence-electron chi connectivity index (χ4n) is 0.839. The first kappa shape index (κ1) is 12.0. The van der Waals surface area contributed by atoms with Crippen LogP contribution in [-0.2, 0) is 4.79 Å². The number of carbonyl (C=O) groups is 1. The molecule has 0 aromatic carbocycles. The van der Waals surface area contributed by atoms with Crippen molar-refractivity contribution < 1.29 is 14.8 Å². The number of nitrogens with one attached hydrogen (secondary N) is 1. The molecule has 1 heterocycles. The summed E-state index contributed by atoms with van der Waals surface area (Å²) in [6, 6.07) is 3.61. The van der Waals surface area contributed by atoms with E-state index in [2.05, 4.69) is 10.3 Å². The lowest BCUT2D eigenvalue weighted by atomic mass is 9.93. The van der Waals surface area contributed by atoms with Gasteiger partial charge in [-0.15, -0.1) is 11.8 Å². The van der Waals surface area contributed by atoms with Crippen molar-refractivity contribution >= 4 is 24.8 Å². The standard InChI is InChI=1S/C8H11BN2O3S/c12-8(11-6-9(13)14)5-15-7-1-3-10-4-2-7/h1-4,13-14H,5-6H2,(H,11,12). The van der Waals surface area contributed by atoms with Gasteiger partial charge in [0.15, 0.2) is 0 Å². The number of thioether (sulfide) groups is 1. The second-order valence-electron chi connectivity index (χ2n) is 2.76. The highest BCUT2D eigenvalue weighted by molar-refractivity contribution is 8.00. The molecule has 3 N–H and O–H groups in total. The summed E-state index contributed by atoms with van der Waals surface area (Å²) in [5, 5.41) is 19.4. The minimum Gasteiger partial charge on any atom is -0.426 e. The van der Waals surface area contributed by atoms with Crippen molar-refractivity contribution in [3.63, 3.8) is 0 Å².